The fourth-order valence-corrected chi connectivity index (χ4v) is 5.11. The van der Waals surface area contributed by atoms with E-state index in [2.05, 4.69) is 9.97 Å². The first-order chi connectivity index (χ1) is 14.7. The number of rotatable bonds is 6. The van der Waals surface area contributed by atoms with Gasteiger partial charge < -0.3 is 10.2 Å². The Morgan fingerprint density at radius 1 is 1.26 bits per heavy atom. The number of hydrogen-bond acceptors (Lipinski definition) is 6. The van der Waals surface area contributed by atoms with Crippen LogP contribution in [0.1, 0.15) is 58.0 Å². The molecule has 0 spiro atoms. The van der Waals surface area contributed by atoms with Gasteiger partial charge in [-0.2, -0.15) is 13.2 Å². The molecule has 1 N–H and O–H groups in total. The number of nitrogens with one attached hydrogen (secondary N) is 1. The third kappa shape index (κ3) is 4.25. The Morgan fingerprint density at radius 3 is 2.45 bits per heavy atom. The number of thiazole rings is 1. The molecule has 0 radical (unpaired) electrons. The third-order valence-corrected chi connectivity index (χ3v) is 6.53. The van der Waals surface area contributed by atoms with Crippen LogP contribution >= 0.6 is 11.3 Å². The molecule has 2 aliphatic rings. The van der Waals surface area contributed by atoms with Crippen molar-refractivity contribution in [3.05, 3.63) is 28.5 Å². The van der Waals surface area contributed by atoms with Crippen LogP contribution in [0.3, 0.4) is 0 Å². The van der Waals surface area contributed by atoms with Gasteiger partial charge in [-0.05, 0) is 31.7 Å². The first-order valence-corrected chi connectivity index (χ1v) is 10.4. The highest BCUT2D eigenvalue weighted by Gasteiger charge is 2.44. The maximum absolute atomic E-state index is 13.8. The van der Waals surface area contributed by atoms with Gasteiger partial charge in [0.25, 0.3) is 12.3 Å². The van der Waals surface area contributed by atoms with Crippen LogP contribution in [0.2, 0.25) is 0 Å². The summed E-state index contributed by atoms with van der Waals surface area (Å²) in [4.78, 5) is 34.1. The minimum Gasteiger partial charge on any atom is -0.361 e. The van der Waals surface area contributed by atoms with Crippen molar-refractivity contribution in [1.82, 2.24) is 14.9 Å². The summed E-state index contributed by atoms with van der Waals surface area (Å²) in [6.07, 6.45) is -2.73. The lowest BCUT2D eigenvalue weighted by Crippen LogP contribution is -2.35. The van der Waals surface area contributed by atoms with Crippen LogP contribution in [-0.2, 0) is 0 Å². The Kier molecular flexibility index (Phi) is 5.67. The number of amides is 1. The molecule has 31 heavy (non-hydrogen) atoms. The van der Waals surface area contributed by atoms with E-state index < -0.39 is 30.6 Å². The van der Waals surface area contributed by atoms with Crippen molar-refractivity contribution in [3.8, 4) is 10.4 Å². The van der Waals surface area contributed by atoms with Gasteiger partial charge in [-0.25, -0.2) is 18.7 Å². The minimum absolute atomic E-state index is 0.0515. The highest BCUT2D eigenvalue weighted by atomic mass is 32.1. The molecule has 0 unspecified atom stereocenters. The Bertz CT molecular complexity index is 990. The Labute approximate surface area is 177 Å². The monoisotopic (exact) mass is 460 g/mol. The van der Waals surface area contributed by atoms with Gasteiger partial charge >= 0.3 is 6.18 Å². The number of pyridine rings is 1. The van der Waals surface area contributed by atoms with Crippen molar-refractivity contribution >= 4 is 29.3 Å². The van der Waals surface area contributed by atoms with Crippen molar-refractivity contribution in [3.63, 3.8) is 0 Å². The Morgan fingerprint density at radius 2 is 1.90 bits per heavy atom. The van der Waals surface area contributed by atoms with Crippen molar-refractivity contribution in [2.75, 3.05) is 11.9 Å². The average molecular weight is 460 g/mol. The van der Waals surface area contributed by atoms with Gasteiger partial charge in [0.15, 0.2) is 11.3 Å². The van der Waals surface area contributed by atoms with Gasteiger partial charge in [-0.1, -0.05) is 0 Å². The van der Waals surface area contributed by atoms with Crippen LogP contribution in [0.25, 0.3) is 10.4 Å². The van der Waals surface area contributed by atoms with Gasteiger partial charge in [-0.3, -0.25) is 9.59 Å². The largest absolute Gasteiger partial charge is 0.405 e. The lowest BCUT2D eigenvalue weighted by molar-refractivity contribution is -0.115. The second-order valence-electron chi connectivity index (χ2n) is 7.45. The zero-order chi connectivity index (χ0) is 22.3. The van der Waals surface area contributed by atoms with Gasteiger partial charge in [-0.15, -0.1) is 11.3 Å². The minimum atomic E-state index is -4.55. The molecule has 2 fully saturated rings. The predicted molar refractivity (Wildman–Crippen MR) is 102 cm³/mol. The standard InChI is InChI=1S/C19H17F5N4O2S/c20-17(21)11-5-13(26-8-19(22,23)24)25-6-12(11)16-15(27-14(7-29)31-16)18(30)28-9-1-2-10(28)4-3-9/h5-7,9-10,17H,1-4,8H2,(H,25,26). The summed E-state index contributed by atoms with van der Waals surface area (Å²) in [5.74, 6) is -0.800. The van der Waals surface area contributed by atoms with Gasteiger partial charge in [0.05, 0.1) is 4.88 Å². The summed E-state index contributed by atoms with van der Waals surface area (Å²) < 4.78 is 64.8. The van der Waals surface area contributed by atoms with Crippen molar-refractivity contribution in [2.45, 2.75) is 50.4 Å². The zero-order valence-electron chi connectivity index (χ0n) is 16.0. The van der Waals surface area contributed by atoms with Gasteiger partial charge in [0.2, 0.25) is 0 Å². The molecule has 2 bridgehead atoms. The topological polar surface area (TPSA) is 75.2 Å². The molecule has 1 amide bonds. The molecule has 0 aliphatic carbocycles. The summed E-state index contributed by atoms with van der Waals surface area (Å²) in [7, 11) is 0. The van der Waals surface area contributed by atoms with E-state index in [0.717, 1.165) is 49.3 Å². The first-order valence-electron chi connectivity index (χ1n) is 9.55. The summed E-state index contributed by atoms with van der Waals surface area (Å²) >= 11 is 0.777. The SMILES string of the molecule is O=Cc1nc(C(=O)N2C3CCC2CC3)c(-c2cnc(NCC(F)(F)F)cc2C(F)F)s1. The highest BCUT2D eigenvalue weighted by molar-refractivity contribution is 7.17. The summed E-state index contributed by atoms with van der Waals surface area (Å²) in [6.45, 7) is -1.43. The van der Waals surface area contributed by atoms with Gasteiger partial charge in [0.1, 0.15) is 18.1 Å². The molecular weight excluding hydrogens is 443 g/mol. The van der Waals surface area contributed by atoms with Crippen LogP contribution < -0.4 is 5.32 Å². The van der Waals surface area contributed by atoms with Crippen LogP contribution in [0.15, 0.2) is 12.3 Å². The lowest BCUT2D eigenvalue weighted by atomic mass is 10.0. The second kappa shape index (κ2) is 8.13. The van der Waals surface area contributed by atoms with Gasteiger partial charge in [0, 0.05) is 29.4 Å². The Hall–Kier alpha value is -2.63. The molecule has 2 aromatic heterocycles. The van der Waals surface area contributed by atoms with E-state index in [9.17, 15) is 31.5 Å². The van der Waals surface area contributed by atoms with E-state index in [0.29, 0.717) is 6.29 Å². The number of nitrogens with zero attached hydrogens (tertiary/aromatic N) is 3. The number of halogens is 5. The number of hydrogen-bond donors (Lipinski definition) is 1. The average Bonchev–Trinajstić information content (AvgIpc) is 3.45. The number of alkyl halides is 5. The van der Waals surface area contributed by atoms with E-state index in [1.54, 1.807) is 4.90 Å². The second-order valence-corrected chi connectivity index (χ2v) is 8.48. The number of aldehydes is 1. The van der Waals surface area contributed by atoms with Crippen molar-refractivity contribution in [1.29, 1.82) is 0 Å². The smallest absolute Gasteiger partial charge is 0.361 e. The first kappa shape index (κ1) is 21.6. The molecule has 0 atom stereocenters. The van der Waals surface area contributed by atoms with E-state index in [-0.39, 0.29) is 39.0 Å². The molecule has 2 saturated heterocycles. The van der Waals surface area contributed by atoms with E-state index in [1.165, 1.54) is 0 Å². The third-order valence-electron chi connectivity index (χ3n) is 5.52. The Balaban J connectivity index is 1.72. The van der Waals surface area contributed by atoms with Crippen LogP contribution in [0.4, 0.5) is 27.8 Å². The fourth-order valence-electron chi connectivity index (χ4n) is 4.21. The molecule has 2 aromatic rings. The number of anilines is 1. The van der Waals surface area contributed by atoms with Crippen LogP contribution in [-0.4, -0.2) is 51.9 Å². The quantitative estimate of drug-likeness (QED) is 0.500. The molecule has 4 rings (SSSR count). The van der Waals surface area contributed by atoms with Crippen molar-refractivity contribution in [2.24, 2.45) is 0 Å². The predicted octanol–water partition coefficient (Wildman–Crippen LogP) is 4.70. The molecule has 166 valence electrons. The lowest BCUT2D eigenvalue weighted by Gasteiger charge is -2.21. The number of carbonyl (C=O) groups is 2. The summed E-state index contributed by atoms with van der Waals surface area (Å²) in [5.41, 5.74) is -0.835. The normalized spacial score (nSPS) is 20.5. The molecule has 0 aromatic carbocycles. The number of fused-ring (bicyclic) bond motifs is 2. The van der Waals surface area contributed by atoms with E-state index in [4.69, 9.17) is 0 Å². The van der Waals surface area contributed by atoms with Crippen LogP contribution in [0.5, 0.6) is 0 Å². The summed E-state index contributed by atoms with van der Waals surface area (Å²) in [5, 5.41) is 1.91. The molecule has 0 saturated carbocycles. The highest BCUT2D eigenvalue weighted by Crippen LogP contribution is 2.42. The van der Waals surface area contributed by atoms with E-state index in [1.807, 2.05) is 5.32 Å². The number of carbonyl (C=O) groups excluding carboxylic acids is 2. The summed E-state index contributed by atoms with van der Waals surface area (Å²) in [6, 6.07) is 0.946. The van der Waals surface area contributed by atoms with Crippen molar-refractivity contribution < 1.29 is 31.5 Å². The van der Waals surface area contributed by atoms with Crippen LogP contribution in [0, 0.1) is 0 Å². The maximum Gasteiger partial charge on any atom is 0.405 e. The fraction of sp³-hybridized carbons (Fsp3) is 0.474. The maximum atomic E-state index is 13.8. The molecule has 2 aliphatic heterocycles. The molecular formula is C19H17F5N4O2S. The van der Waals surface area contributed by atoms with E-state index >= 15 is 0 Å². The molecule has 4 heterocycles. The zero-order valence-corrected chi connectivity index (χ0v) is 16.8. The number of aromatic nitrogens is 2. The molecule has 12 heteroatoms. The molecule has 6 nitrogen and oxygen atoms in total.